The smallest absolute Gasteiger partial charge is 0.338 e. The van der Waals surface area contributed by atoms with E-state index in [0.717, 1.165) is 0 Å². The number of esters is 1. The number of carbonyl (C=O) groups is 2. The predicted octanol–water partition coefficient (Wildman–Crippen LogP) is 2.60. The first-order valence-corrected chi connectivity index (χ1v) is 7.90. The van der Waals surface area contributed by atoms with E-state index in [2.05, 4.69) is 5.32 Å². The van der Waals surface area contributed by atoms with Crippen molar-refractivity contribution in [3.8, 4) is 5.75 Å². The largest absolute Gasteiger partial charge is 0.492 e. The lowest BCUT2D eigenvalue weighted by Gasteiger charge is -2.08. The molecule has 9 heteroatoms. The molecule has 2 rings (SSSR count). The molecule has 0 heterocycles. The first kappa shape index (κ1) is 19.2. The van der Waals surface area contributed by atoms with E-state index >= 15 is 0 Å². The molecule has 0 spiro atoms. The van der Waals surface area contributed by atoms with Gasteiger partial charge in [0.25, 0.3) is 11.6 Å². The zero-order chi connectivity index (χ0) is 18.9. The van der Waals surface area contributed by atoms with Crippen molar-refractivity contribution in [2.24, 2.45) is 0 Å². The van der Waals surface area contributed by atoms with Crippen LogP contribution in [0.3, 0.4) is 0 Å². The molecule has 0 aromatic heterocycles. The van der Waals surface area contributed by atoms with Crippen LogP contribution in [0.5, 0.6) is 5.75 Å². The number of benzene rings is 2. The standard InChI is InChI=1S/C17H15ClN2O6/c18-13-3-7-15(8-4-13)25-10-9-19-16(21)11-26-17(22)12-1-5-14(6-2-12)20(23)24/h1-8H,9-11H2,(H,19,21). The molecule has 2 aromatic carbocycles. The van der Waals surface area contributed by atoms with E-state index in [1.807, 2.05) is 0 Å². The van der Waals surface area contributed by atoms with Gasteiger partial charge in [-0.05, 0) is 36.4 Å². The van der Waals surface area contributed by atoms with Crippen LogP contribution in [-0.4, -0.2) is 36.6 Å². The Kier molecular flexibility index (Phi) is 6.92. The molecule has 0 aliphatic carbocycles. The SMILES string of the molecule is O=C(COC(=O)c1ccc([N+](=O)[O-])cc1)NCCOc1ccc(Cl)cc1. The van der Waals surface area contributed by atoms with E-state index in [1.165, 1.54) is 24.3 Å². The van der Waals surface area contributed by atoms with Gasteiger partial charge in [-0.25, -0.2) is 4.79 Å². The lowest BCUT2D eigenvalue weighted by atomic mass is 10.2. The van der Waals surface area contributed by atoms with Gasteiger partial charge in [0.1, 0.15) is 12.4 Å². The van der Waals surface area contributed by atoms with Crippen LogP contribution in [0.4, 0.5) is 5.69 Å². The zero-order valence-corrected chi connectivity index (χ0v) is 14.3. The van der Waals surface area contributed by atoms with Crippen molar-refractivity contribution in [2.75, 3.05) is 19.8 Å². The number of nitrogens with one attached hydrogen (secondary N) is 1. The Morgan fingerprint density at radius 3 is 2.35 bits per heavy atom. The highest BCUT2D eigenvalue weighted by Crippen LogP contribution is 2.15. The number of nitrogens with zero attached hydrogens (tertiary/aromatic N) is 1. The summed E-state index contributed by atoms with van der Waals surface area (Å²) in [5.74, 6) is -0.610. The van der Waals surface area contributed by atoms with E-state index in [0.29, 0.717) is 10.8 Å². The minimum atomic E-state index is -0.743. The molecule has 0 atom stereocenters. The van der Waals surface area contributed by atoms with Crippen LogP contribution in [0.2, 0.25) is 5.02 Å². The van der Waals surface area contributed by atoms with Gasteiger partial charge in [0.05, 0.1) is 17.0 Å². The molecular weight excluding hydrogens is 364 g/mol. The predicted molar refractivity (Wildman–Crippen MR) is 93.3 cm³/mol. The van der Waals surface area contributed by atoms with Gasteiger partial charge in [0.15, 0.2) is 6.61 Å². The number of hydrogen-bond acceptors (Lipinski definition) is 6. The molecule has 1 N–H and O–H groups in total. The Morgan fingerprint density at radius 2 is 1.73 bits per heavy atom. The first-order valence-electron chi connectivity index (χ1n) is 7.52. The van der Waals surface area contributed by atoms with Crippen molar-refractivity contribution in [3.63, 3.8) is 0 Å². The molecular formula is C17H15ClN2O6. The van der Waals surface area contributed by atoms with Crippen LogP contribution in [0.25, 0.3) is 0 Å². The third-order valence-corrected chi connectivity index (χ3v) is 3.41. The number of amides is 1. The van der Waals surface area contributed by atoms with Crippen molar-refractivity contribution in [1.29, 1.82) is 0 Å². The Bertz CT molecular complexity index is 777. The number of ether oxygens (including phenoxy) is 2. The van der Waals surface area contributed by atoms with Crippen molar-refractivity contribution in [2.45, 2.75) is 0 Å². The van der Waals surface area contributed by atoms with Crippen LogP contribution in [0, 0.1) is 10.1 Å². The van der Waals surface area contributed by atoms with Crippen molar-refractivity contribution in [1.82, 2.24) is 5.32 Å². The van der Waals surface area contributed by atoms with Crippen molar-refractivity contribution in [3.05, 3.63) is 69.2 Å². The molecule has 0 radical (unpaired) electrons. The van der Waals surface area contributed by atoms with E-state index < -0.39 is 23.4 Å². The van der Waals surface area contributed by atoms with Crippen LogP contribution in [0.1, 0.15) is 10.4 Å². The number of carbonyl (C=O) groups excluding carboxylic acids is 2. The average Bonchev–Trinajstić information content (AvgIpc) is 2.64. The summed E-state index contributed by atoms with van der Waals surface area (Å²) in [5.41, 5.74) is -0.0190. The van der Waals surface area contributed by atoms with Crippen LogP contribution >= 0.6 is 11.6 Å². The highest BCUT2D eigenvalue weighted by Gasteiger charge is 2.12. The van der Waals surface area contributed by atoms with E-state index in [4.69, 9.17) is 21.1 Å². The van der Waals surface area contributed by atoms with E-state index in [1.54, 1.807) is 24.3 Å². The highest BCUT2D eigenvalue weighted by molar-refractivity contribution is 6.30. The van der Waals surface area contributed by atoms with Gasteiger partial charge in [0.2, 0.25) is 0 Å². The molecule has 0 saturated carbocycles. The normalized spacial score (nSPS) is 10.0. The molecule has 26 heavy (non-hydrogen) atoms. The minimum Gasteiger partial charge on any atom is -0.492 e. The fourth-order valence-electron chi connectivity index (χ4n) is 1.87. The average molecular weight is 379 g/mol. The Labute approximate surface area is 153 Å². The fourth-order valence-corrected chi connectivity index (χ4v) is 2.00. The number of nitro groups is 1. The monoisotopic (exact) mass is 378 g/mol. The minimum absolute atomic E-state index is 0.120. The molecule has 0 aliphatic heterocycles. The lowest BCUT2D eigenvalue weighted by molar-refractivity contribution is -0.384. The number of non-ortho nitro benzene ring substituents is 1. The molecule has 136 valence electrons. The third-order valence-electron chi connectivity index (χ3n) is 3.15. The van der Waals surface area contributed by atoms with Gasteiger partial charge in [0, 0.05) is 17.2 Å². The van der Waals surface area contributed by atoms with Gasteiger partial charge in [-0.2, -0.15) is 0 Å². The van der Waals surface area contributed by atoms with Crippen LogP contribution < -0.4 is 10.1 Å². The summed E-state index contributed by atoms with van der Waals surface area (Å²) >= 11 is 5.76. The topological polar surface area (TPSA) is 108 Å². The number of nitro benzene ring substituents is 1. The van der Waals surface area contributed by atoms with Gasteiger partial charge >= 0.3 is 5.97 Å². The summed E-state index contributed by atoms with van der Waals surface area (Å²) in [4.78, 5) is 33.4. The van der Waals surface area contributed by atoms with Crippen LogP contribution in [0.15, 0.2) is 48.5 Å². The van der Waals surface area contributed by atoms with Gasteiger partial charge < -0.3 is 14.8 Å². The third kappa shape index (κ3) is 6.06. The second-order valence-electron chi connectivity index (χ2n) is 5.03. The van der Waals surface area contributed by atoms with Gasteiger partial charge in [-0.1, -0.05) is 11.6 Å². The molecule has 2 aromatic rings. The summed E-state index contributed by atoms with van der Waals surface area (Å²) in [6.45, 7) is 0.0109. The summed E-state index contributed by atoms with van der Waals surface area (Å²) in [7, 11) is 0. The van der Waals surface area contributed by atoms with Gasteiger partial charge in [-0.15, -0.1) is 0 Å². The number of hydrogen-bond donors (Lipinski definition) is 1. The summed E-state index contributed by atoms with van der Waals surface area (Å²) in [5, 5.41) is 13.7. The highest BCUT2D eigenvalue weighted by atomic mass is 35.5. The Hall–Kier alpha value is -3.13. The maximum Gasteiger partial charge on any atom is 0.338 e. The quantitative estimate of drug-likeness (QED) is 0.327. The Morgan fingerprint density at radius 1 is 1.08 bits per heavy atom. The summed E-state index contributed by atoms with van der Waals surface area (Å²) in [6, 6.07) is 11.7. The van der Waals surface area contributed by atoms with E-state index in [-0.39, 0.29) is 24.4 Å². The molecule has 8 nitrogen and oxygen atoms in total. The van der Waals surface area contributed by atoms with E-state index in [9.17, 15) is 19.7 Å². The second kappa shape index (κ2) is 9.38. The second-order valence-corrected chi connectivity index (χ2v) is 5.47. The summed E-state index contributed by atoms with van der Waals surface area (Å²) < 4.78 is 10.2. The Balaban J connectivity index is 1.66. The first-order chi connectivity index (χ1) is 12.5. The number of rotatable bonds is 8. The summed E-state index contributed by atoms with van der Waals surface area (Å²) in [6.07, 6.45) is 0. The maximum atomic E-state index is 11.8. The zero-order valence-electron chi connectivity index (χ0n) is 13.5. The lowest BCUT2D eigenvalue weighted by Crippen LogP contribution is -2.32. The molecule has 0 aliphatic rings. The molecule has 0 fully saturated rings. The molecule has 0 saturated heterocycles. The maximum absolute atomic E-state index is 11.8. The molecule has 0 unspecified atom stereocenters. The van der Waals surface area contributed by atoms with Crippen LogP contribution in [-0.2, 0) is 9.53 Å². The van der Waals surface area contributed by atoms with Crippen molar-refractivity contribution >= 4 is 29.2 Å². The molecule has 0 bridgehead atoms. The van der Waals surface area contributed by atoms with Crippen molar-refractivity contribution < 1.29 is 24.0 Å². The molecule has 1 amide bonds. The fraction of sp³-hybridized carbons (Fsp3) is 0.176. The number of halogens is 1. The van der Waals surface area contributed by atoms with Gasteiger partial charge in [-0.3, -0.25) is 14.9 Å².